The summed E-state index contributed by atoms with van der Waals surface area (Å²) < 4.78 is 0. The Morgan fingerprint density at radius 3 is 2.13 bits per heavy atom. The predicted octanol–water partition coefficient (Wildman–Crippen LogP) is 5.08. The van der Waals surface area contributed by atoms with E-state index in [4.69, 9.17) is 0 Å². The van der Waals surface area contributed by atoms with Crippen LogP contribution >= 0.6 is 0 Å². The van der Waals surface area contributed by atoms with Crippen LogP contribution < -0.4 is 0 Å². The Kier molecular flexibility index (Phi) is 3.49. The van der Waals surface area contributed by atoms with Crippen LogP contribution in [-0.2, 0) is 0 Å². The number of benzene rings is 2. The second-order valence-electron chi connectivity index (χ2n) is 5.46. The van der Waals surface area contributed by atoms with Crippen molar-refractivity contribution in [1.29, 1.82) is 0 Å². The minimum atomic E-state index is 0.963. The average Bonchev–Trinajstić information content (AvgIpc) is 3.27. The molecule has 2 heteroatoms. The monoisotopic (exact) mass is 296 g/mol. The summed E-state index contributed by atoms with van der Waals surface area (Å²) in [6, 6.07) is 24.7. The molecule has 0 radical (unpaired) electrons. The molecule has 0 atom stereocenters. The molecule has 1 aromatic heterocycles. The molecule has 1 aliphatic heterocycles. The van der Waals surface area contributed by atoms with Crippen LogP contribution in [0.25, 0.3) is 17.3 Å². The molecule has 3 aromatic rings. The summed E-state index contributed by atoms with van der Waals surface area (Å²) in [5.41, 5.74) is 6.47. The summed E-state index contributed by atoms with van der Waals surface area (Å²) in [5, 5.41) is 0. The molecule has 0 saturated heterocycles. The molecule has 4 rings (SSSR count). The first kappa shape index (κ1) is 13.5. The summed E-state index contributed by atoms with van der Waals surface area (Å²) >= 11 is 0. The second-order valence-corrected chi connectivity index (χ2v) is 5.46. The van der Waals surface area contributed by atoms with Gasteiger partial charge in [0.05, 0.1) is 11.4 Å². The van der Waals surface area contributed by atoms with Crippen LogP contribution in [-0.4, -0.2) is 10.7 Å². The van der Waals surface area contributed by atoms with Gasteiger partial charge in [0, 0.05) is 17.0 Å². The average molecular weight is 296 g/mol. The predicted molar refractivity (Wildman–Crippen MR) is 96.3 cm³/mol. The molecule has 110 valence electrons. The third kappa shape index (κ3) is 2.92. The van der Waals surface area contributed by atoms with Gasteiger partial charge in [-0.15, -0.1) is 0 Å². The van der Waals surface area contributed by atoms with Crippen LogP contribution in [0.3, 0.4) is 0 Å². The maximum Gasteiger partial charge on any atom is 0.0710 e. The van der Waals surface area contributed by atoms with Crippen LogP contribution in [0, 0.1) is 0 Å². The van der Waals surface area contributed by atoms with Crippen molar-refractivity contribution in [3.63, 3.8) is 0 Å². The Hall–Kier alpha value is -3.13. The van der Waals surface area contributed by atoms with Gasteiger partial charge < -0.3 is 4.98 Å². The number of hydrogen-bond acceptors (Lipinski definition) is 1. The lowest BCUT2D eigenvalue weighted by molar-refractivity contribution is 1.35. The van der Waals surface area contributed by atoms with Gasteiger partial charge in [-0.1, -0.05) is 60.7 Å². The number of aliphatic imine (C=N–C) groups is 1. The van der Waals surface area contributed by atoms with E-state index in [9.17, 15) is 0 Å². The van der Waals surface area contributed by atoms with Crippen molar-refractivity contribution >= 4 is 11.8 Å². The fourth-order valence-electron chi connectivity index (χ4n) is 2.67. The Morgan fingerprint density at radius 1 is 0.696 bits per heavy atom. The van der Waals surface area contributed by atoms with Gasteiger partial charge in [-0.3, -0.25) is 0 Å². The number of nitrogens with one attached hydrogen (secondary N) is 1. The lowest BCUT2D eigenvalue weighted by atomic mass is 10.1. The Bertz CT molecular complexity index is 897. The Balaban J connectivity index is 1.59. The molecule has 0 fully saturated rings. The molecule has 0 unspecified atom stereocenters. The van der Waals surface area contributed by atoms with Gasteiger partial charge in [0.15, 0.2) is 0 Å². The van der Waals surface area contributed by atoms with Crippen molar-refractivity contribution < 1.29 is 0 Å². The third-order valence-corrected chi connectivity index (χ3v) is 3.83. The number of aromatic nitrogens is 1. The van der Waals surface area contributed by atoms with Crippen molar-refractivity contribution in [1.82, 2.24) is 4.98 Å². The maximum atomic E-state index is 4.68. The van der Waals surface area contributed by atoms with Gasteiger partial charge in [0.2, 0.25) is 0 Å². The highest BCUT2D eigenvalue weighted by atomic mass is 14.8. The molecule has 2 heterocycles. The first-order chi connectivity index (χ1) is 11.4. The molecule has 0 amide bonds. The summed E-state index contributed by atoms with van der Waals surface area (Å²) in [7, 11) is 0. The van der Waals surface area contributed by atoms with Gasteiger partial charge in [-0.25, -0.2) is 4.99 Å². The van der Waals surface area contributed by atoms with Crippen LogP contribution in [0.15, 0.2) is 95.6 Å². The van der Waals surface area contributed by atoms with Gasteiger partial charge in [0.1, 0.15) is 0 Å². The molecule has 2 nitrogen and oxygen atoms in total. The number of rotatable bonds is 3. The van der Waals surface area contributed by atoms with E-state index in [0.717, 1.165) is 28.4 Å². The SMILES string of the molecule is C1=CC(c2ccccc2)=NC1=Cc1ccc(-c2ccccc2)[nH]1. The number of hydrogen-bond donors (Lipinski definition) is 1. The lowest BCUT2D eigenvalue weighted by Crippen LogP contribution is -1.91. The zero-order valence-corrected chi connectivity index (χ0v) is 12.6. The van der Waals surface area contributed by atoms with Crippen LogP contribution in [0.1, 0.15) is 11.3 Å². The second kappa shape index (κ2) is 5.93. The minimum absolute atomic E-state index is 0.963. The zero-order chi connectivity index (χ0) is 15.5. The lowest BCUT2D eigenvalue weighted by Gasteiger charge is -1.97. The summed E-state index contributed by atoms with van der Waals surface area (Å²) in [6.45, 7) is 0. The highest BCUT2D eigenvalue weighted by Crippen LogP contribution is 2.21. The topological polar surface area (TPSA) is 28.1 Å². The van der Waals surface area contributed by atoms with Gasteiger partial charge in [-0.2, -0.15) is 0 Å². The minimum Gasteiger partial charge on any atom is -0.355 e. The van der Waals surface area contributed by atoms with E-state index < -0.39 is 0 Å². The van der Waals surface area contributed by atoms with E-state index in [-0.39, 0.29) is 0 Å². The number of allylic oxidation sites excluding steroid dienone is 2. The fraction of sp³-hybridized carbons (Fsp3) is 0. The molecule has 1 N–H and O–H groups in total. The molecular formula is C21H16N2. The van der Waals surface area contributed by atoms with Crippen molar-refractivity contribution in [2.45, 2.75) is 0 Å². The number of H-pyrrole nitrogens is 1. The van der Waals surface area contributed by atoms with E-state index in [2.05, 4.69) is 58.5 Å². The number of nitrogens with zero attached hydrogens (tertiary/aromatic N) is 1. The van der Waals surface area contributed by atoms with E-state index in [1.165, 1.54) is 5.56 Å². The quantitative estimate of drug-likeness (QED) is 0.698. The van der Waals surface area contributed by atoms with E-state index in [1.54, 1.807) is 0 Å². The van der Waals surface area contributed by atoms with Crippen molar-refractivity contribution in [2.75, 3.05) is 0 Å². The van der Waals surface area contributed by atoms with Gasteiger partial charge in [-0.05, 0) is 35.9 Å². The van der Waals surface area contributed by atoms with E-state index in [0.29, 0.717) is 0 Å². The summed E-state index contributed by atoms with van der Waals surface area (Å²) in [5.74, 6) is 0. The fourth-order valence-corrected chi connectivity index (χ4v) is 2.67. The van der Waals surface area contributed by atoms with Gasteiger partial charge in [0.25, 0.3) is 0 Å². The van der Waals surface area contributed by atoms with Crippen LogP contribution in [0.2, 0.25) is 0 Å². The molecule has 1 aliphatic rings. The van der Waals surface area contributed by atoms with E-state index >= 15 is 0 Å². The van der Waals surface area contributed by atoms with E-state index in [1.807, 2.05) is 42.5 Å². The molecule has 23 heavy (non-hydrogen) atoms. The van der Waals surface area contributed by atoms with Crippen LogP contribution in [0.5, 0.6) is 0 Å². The molecule has 0 saturated carbocycles. The van der Waals surface area contributed by atoms with Crippen molar-refractivity contribution in [3.05, 3.63) is 102 Å². The molecular weight excluding hydrogens is 280 g/mol. The molecule has 0 aliphatic carbocycles. The van der Waals surface area contributed by atoms with Crippen molar-refractivity contribution in [3.8, 4) is 11.3 Å². The van der Waals surface area contributed by atoms with Crippen molar-refractivity contribution in [2.24, 2.45) is 4.99 Å². The first-order valence-electron chi connectivity index (χ1n) is 7.67. The smallest absolute Gasteiger partial charge is 0.0710 e. The number of aromatic amines is 1. The normalized spacial score (nSPS) is 15.1. The highest BCUT2D eigenvalue weighted by Gasteiger charge is 2.07. The Morgan fingerprint density at radius 2 is 1.39 bits per heavy atom. The largest absolute Gasteiger partial charge is 0.355 e. The third-order valence-electron chi connectivity index (χ3n) is 3.83. The molecule has 0 spiro atoms. The van der Waals surface area contributed by atoms with Crippen LogP contribution in [0.4, 0.5) is 0 Å². The summed E-state index contributed by atoms with van der Waals surface area (Å²) in [4.78, 5) is 8.11. The Labute approximate surface area is 135 Å². The zero-order valence-electron chi connectivity index (χ0n) is 12.6. The molecule has 2 aromatic carbocycles. The first-order valence-corrected chi connectivity index (χ1v) is 7.67. The standard InChI is InChI=1S/C21H16N2/c1-3-7-16(8-4-1)20-13-11-18(22-20)15-19-12-14-21(23-19)17-9-5-2-6-10-17/h1-15,22H. The summed E-state index contributed by atoms with van der Waals surface area (Å²) in [6.07, 6.45) is 6.17. The maximum absolute atomic E-state index is 4.68. The molecule has 0 bridgehead atoms. The highest BCUT2D eigenvalue weighted by molar-refractivity contribution is 6.11. The van der Waals surface area contributed by atoms with Gasteiger partial charge >= 0.3 is 0 Å².